The number of hydrogen-bond acceptors (Lipinski definition) is 6. The summed E-state index contributed by atoms with van der Waals surface area (Å²) in [7, 11) is 0. The molecule has 0 aromatic carbocycles. The van der Waals surface area contributed by atoms with Gasteiger partial charge in [-0.1, -0.05) is 20.4 Å². The summed E-state index contributed by atoms with van der Waals surface area (Å²) in [6.45, 7) is 8.07. The summed E-state index contributed by atoms with van der Waals surface area (Å²) in [5.74, 6) is -3.80. The van der Waals surface area contributed by atoms with Crippen molar-refractivity contribution < 1.29 is 30.0 Å². The molecule has 2 aliphatic heterocycles. The van der Waals surface area contributed by atoms with Crippen molar-refractivity contribution in [1.82, 2.24) is 0 Å². The van der Waals surface area contributed by atoms with Gasteiger partial charge in [0.2, 0.25) is 5.79 Å². The minimum atomic E-state index is -2.15. The zero-order valence-electron chi connectivity index (χ0n) is 15.3. The van der Waals surface area contributed by atoms with Crippen LogP contribution in [0.2, 0.25) is 0 Å². The van der Waals surface area contributed by atoms with Gasteiger partial charge in [0, 0.05) is 17.3 Å². The highest BCUT2D eigenvalue weighted by atomic mass is 16.6. The van der Waals surface area contributed by atoms with Gasteiger partial charge in [0.05, 0.1) is 18.8 Å². The van der Waals surface area contributed by atoms with E-state index < -0.39 is 58.5 Å². The summed E-state index contributed by atoms with van der Waals surface area (Å²) >= 11 is 0. The van der Waals surface area contributed by atoms with Crippen LogP contribution in [-0.4, -0.2) is 56.9 Å². The number of ketones is 1. The van der Waals surface area contributed by atoms with Crippen LogP contribution >= 0.6 is 0 Å². The molecule has 0 aromatic rings. The first kappa shape index (κ1) is 17.3. The lowest BCUT2D eigenvalue weighted by Crippen LogP contribution is -2.85. The first-order valence-electron chi connectivity index (χ1n) is 9.71. The summed E-state index contributed by atoms with van der Waals surface area (Å²) < 4.78 is 5.80. The number of aliphatic hydroxyl groups is 4. The molecule has 4 aliphatic carbocycles. The second kappa shape index (κ2) is 4.61. The minimum absolute atomic E-state index is 0.0966. The Hall–Kier alpha value is -0.790. The van der Waals surface area contributed by atoms with E-state index in [0.29, 0.717) is 24.8 Å². The van der Waals surface area contributed by atoms with Crippen LogP contribution in [0.4, 0.5) is 0 Å². The van der Waals surface area contributed by atoms with Crippen LogP contribution in [0.1, 0.15) is 39.5 Å². The van der Waals surface area contributed by atoms with Gasteiger partial charge in [-0.05, 0) is 42.6 Å². The van der Waals surface area contributed by atoms with E-state index in [1.165, 1.54) is 0 Å². The quantitative estimate of drug-likeness (QED) is 0.463. The Morgan fingerprint density at radius 3 is 2.50 bits per heavy atom. The normalized spacial score (nSPS) is 59.9. The second-order valence-electron chi connectivity index (χ2n) is 9.97. The molecule has 9 atom stereocenters. The van der Waals surface area contributed by atoms with Gasteiger partial charge in [-0.2, -0.15) is 0 Å². The van der Waals surface area contributed by atoms with Crippen molar-refractivity contribution in [1.29, 1.82) is 0 Å². The molecule has 0 aromatic heterocycles. The molecule has 4 saturated carbocycles. The van der Waals surface area contributed by atoms with Crippen molar-refractivity contribution in [2.75, 3.05) is 6.61 Å². The zero-order chi connectivity index (χ0) is 18.9. The van der Waals surface area contributed by atoms with E-state index in [0.717, 1.165) is 6.42 Å². The highest BCUT2D eigenvalue weighted by Gasteiger charge is 2.86. The van der Waals surface area contributed by atoms with E-state index >= 15 is 0 Å². The molecule has 144 valence electrons. The number of hydrogen-bond donors (Lipinski definition) is 4. The fourth-order valence-corrected chi connectivity index (χ4v) is 7.90. The molecule has 2 spiro atoms. The molecule has 4 bridgehead atoms. The number of Topliss-reactive ketones (excluding diaryl/α,β-unsaturated/α-hetero) is 1. The maximum absolute atomic E-state index is 13.3. The summed E-state index contributed by atoms with van der Waals surface area (Å²) in [5.41, 5.74) is -2.49. The van der Waals surface area contributed by atoms with Crippen molar-refractivity contribution in [3.63, 3.8) is 0 Å². The Morgan fingerprint density at radius 2 is 1.81 bits per heavy atom. The monoisotopic (exact) mass is 364 g/mol. The van der Waals surface area contributed by atoms with E-state index in [-0.39, 0.29) is 12.0 Å². The topological polar surface area (TPSA) is 107 Å². The molecule has 0 radical (unpaired) electrons. The fraction of sp³-hybridized carbons (Fsp3) is 0.850. The van der Waals surface area contributed by atoms with Crippen LogP contribution in [0.25, 0.3) is 0 Å². The third-order valence-corrected chi connectivity index (χ3v) is 8.88. The lowest BCUT2D eigenvalue weighted by molar-refractivity contribution is -0.458. The smallest absolute Gasteiger partial charge is 0.208 e. The lowest BCUT2D eigenvalue weighted by atomic mass is 9.35. The summed E-state index contributed by atoms with van der Waals surface area (Å²) in [4.78, 5) is 13.3. The molecule has 2 saturated heterocycles. The van der Waals surface area contributed by atoms with Crippen LogP contribution in [0.15, 0.2) is 12.2 Å². The molecule has 26 heavy (non-hydrogen) atoms. The standard InChI is InChI=1S/C20H28O6/c1-9-10-4-5-11-18-8-26-20(25,19(11,14(9)22)15(10)23)16(24)13(18)17(2,3)7-6-12(18)21/h10-13,15-16,21,23-25H,1,4-8H2,2-3H3/t10-,11+,12+,13-,15-,16+,18+,19+,20+/m1/s1. The zero-order valence-corrected chi connectivity index (χ0v) is 15.3. The van der Waals surface area contributed by atoms with E-state index in [9.17, 15) is 25.2 Å². The second-order valence-corrected chi connectivity index (χ2v) is 9.97. The van der Waals surface area contributed by atoms with Crippen molar-refractivity contribution in [2.45, 2.75) is 63.6 Å². The Kier molecular flexibility index (Phi) is 3.07. The summed E-state index contributed by atoms with van der Waals surface area (Å²) in [6, 6.07) is 0. The Morgan fingerprint density at radius 1 is 1.12 bits per heavy atom. The van der Waals surface area contributed by atoms with Gasteiger partial charge in [-0.25, -0.2) is 0 Å². The first-order chi connectivity index (χ1) is 12.1. The van der Waals surface area contributed by atoms with Crippen molar-refractivity contribution in [2.24, 2.45) is 34.0 Å². The predicted molar refractivity (Wildman–Crippen MR) is 90.7 cm³/mol. The molecule has 6 fully saturated rings. The van der Waals surface area contributed by atoms with Crippen LogP contribution in [0.5, 0.6) is 0 Å². The largest absolute Gasteiger partial charge is 0.392 e. The molecule has 6 nitrogen and oxygen atoms in total. The van der Waals surface area contributed by atoms with E-state index in [1.807, 2.05) is 13.8 Å². The van der Waals surface area contributed by atoms with Gasteiger partial charge in [-0.15, -0.1) is 0 Å². The Balaban J connectivity index is 1.81. The Labute approximate surface area is 152 Å². The molecule has 2 heterocycles. The average Bonchev–Trinajstić information content (AvgIpc) is 2.69. The van der Waals surface area contributed by atoms with E-state index in [4.69, 9.17) is 4.74 Å². The highest BCUT2D eigenvalue weighted by molar-refractivity contribution is 6.05. The van der Waals surface area contributed by atoms with Crippen molar-refractivity contribution in [3.05, 3.63) is 12.2 Å². The van der Waals surface area contributed by atoms with Gasteiger partial charge in [0.1, 0.15) is 11.5 Å². The van der Waals surface area contributed by atoms with E-state index in [1.54, 1.807) is 0 Å². The lowest BCUT2D eigenvalue weighted by Gasteiger charge is -2.74. The third kappa shape index (κ3) is 1.41. The maximum atomic E-state index is 13.3. The summed E-state index contributed by atoms with van der Waals surface area (Å²) in [6.07, 6.45) is -0.747. The minimum Gasteiger partial charge on any atom is -0.392 e. The van der Waals surface area contributed by atoms with Gasteiger partial charge < -0.3 is 25.2 Å². The van der Waals surface area contributed by atoms with Crippen molar-refractivity contribution >= 4 is 5.78 Å². The molecular formula is C20H28O6. The molecule has 6 aliphatic rings. The van der Waals surface area contributed by atoms with Crippen molar-refractivity contribution in [3.8, 4) is 0 Å². The number of fused-ring (bicyclic) bond motifs is 2. The molecule has 4 N–H and O–H groups in total. The molecule has 6 rings (SSSR count). The summed E-state index contributed by atoms with van der Waals surface area (Å²) in [5, 5.41) is 45.1. The fourth-order valence-electron chi connectivity index (χ4n) is 7.90. The van der Waals surface area contributed by atoms with Gasteiger partial charge in [-0.3, -0.25) is 4.79 Å². The third-order valence-electron chi connectivity index (χ3n) is 8.88. The van der Waals surface area contributed by atoms with Crippen LogP contribution in [-0.2, 0) is 9.53 Å². The number of carbonyl (C=O) groups excluding carboxylic acids is 1. The number of rotatable bonds is 0. The predicted octanol–water partition coefficient (Wildman–Crippen LogP) is 0.376. The SMILES string of the molecule is C=C1C(=O)[C@]23[C@H](O)[C@@H]1CC[C@H]2[C@]12CO[C@@]3(O)[C@@H](O)[C@@H]1C(C)(C)CC[C@@H]2O. The van der Waals surface area contributed by atoms with Gasteiger partial charge in [0.15, 0.2) is 5.78 Å². The molecular weight excluding hydrogens is 336 g/mol. The number of ether oxygens (including phenoxy) is 1. The molecule has 0 amide bonds. The van der Waals surface area contributed by atoms with E-state index in [2.05, 4.69) is 6.58 Å². The highest BCUT2D eigenvalue weighted by Crippen LogP contribution is 2.76. The van der Waals surface area contributed by atoms with Crippen LogP contribution < -0.4 is 0 Å². The van der Waals surface area contributed by atoms with Gasteiger partial charge >= 0.3 is 0 Å². The number of carbonyl (C=O) groups is 1. The molecule has 0 unspecified atom stereocenters. The molecule has 6 heteroatoms. The van der Waals surface area contributed by atoms with Gasteiger partial charge in [0.25, 0.3) is 0 Å². The first-order valence-corrected chi connectivity index (χ1v) is 9.71. The Bertz CT molecular complexity index is 717. The average molecular weight is 364 g/mol. The maximum Gasteiger partial charge on any atom is 0.208 e. The van der Waals surface area contributed by atoms with Crippen LogP contribution in [0.3, 0.4) is 0 Å². The number of aliphatic hydroxyl groups excluding tert-OH is 3. The van der Waals surface area contributed by atoms with Crippen LogP contribution in [0, 0.1) is 34.0 Å².